The Morgan fingerprint density at radius 2 is 1.69 bits per heavy atom. The van der Waals surface area contributed by atoms with Crippen molar-refractivity contribution in [3.8, 4) is 17.1 Å². The maximum absolute atomic E-state index is 12.7. The Balaban J connectivity index is 1.31. The number of hydrogen-bond donors (Lipinski definition) is 2. The van der Waals surface area contributed by atoms with Gasteiger partial charge in [0.15, 0.2) is 11.0 Å². The van der Waals surface area contributed by atoms with Gasteiger partial charge in [0.1, 0.15) is 0 Å². The van der Waals surface area contributed by atoms with E-state index in [0.29, 0.717) is 5.16 Å². The molecule has 6 nitrogen and oxygen atoms in total. The van der Waals surface area contributed by atoms with Gasteiger partial charge < -0.3 is 10.3 Å². The number of nitrogens with one attached hydrogen (secondary N) is 2. The van der Waals surface area contributed by atoms with E-state index in [2.05, 4.69) is 38.7 Å². The number of nitrogens with zero attached hydrogens (tertiary/aromatic N) is 3. The Labute approximate surface area is 208 Å². The molecule has 1 atom stereocenters. The van der Waals surface area contributed by atoms with Crippen molar-refractivity contribution >= 4 is 28.6 Å². The summed E-state index contributed by atoms with van der Waals surface area (Å²) in [5, 5.41) is 13.9. The van der Waals surface area contributed by atoms with Crippen molar-refractivity contribution in [1.82, 2.24) is 25.1 Å². The Morgan fingerprint density at radius 3 is 2.49 bits per heavy atom. The number of thioether (sulfide) groups is 1. The molecule has 0 aliphatic rings. The van der Waals surface area contributed by atoms with Gasteiger partial charge in [0.25, 0.3) is 0 Å². The van der Waals surface area contributed by atoms with E-state index in [1.807, 2.05) is 84.4 Å². The molecule has 5 rings (SSSR count). The van der Waals surface area contributed by atoms with Gasteiger partial charge in [0.2, 0.25) is 5.91 Å². The Kier molecular flexibility index (Phi) is 6.95. The molecule has 2 heterocycles. The van der Waals surface area contributed by atoms with Crippen LogP contribution >= 0.6 is 11.8 Å². The normalized spacial score (nSPS) is 12.0. The Morgan fingerprint density at radius 1 is 0.971 bits per heavy atom. The van der Waals surface area contributed by atoms with Crippen LogP contribution in [0.25, 0.3) is 28.0 Å². The van der Waals surface area contributed by atoms with Crippen molar-refractivity contribution in [2.75, 3.05) is 5.75 Å². The summed E-state index contributed by atoms with van der Waals surface area (Å²) in [5.74, 6) is 1.01. The third kappa shape index (κ3) is 5.30. The fourth-order valence-corrected chi connectivity index (χ4v) is 4.91. The lowest BCUT2D eigenvalue weighted by Crippen LogP contribution is -2.34. The largest absolute Gasteiger partial charge is 0.360 e. The number of aromatic nitrogens is 4. The SMILES string of the molecule is C[C@@H](CCc1ccccc1)NC(=O)CSc1nnc(-c2c[nH]c3ccccc23)n1-c1ccccc1. The highest BCUT2D eigenvalue weighted by Gasteiger charge is 2.20. The van der Waals surface area contributed by atoms with Crippen molar-refractivity contribution in [3.63, 3.8) is 0 Å². The number of carbonyl (C=O) groups is 1. The van der Waals surface area contributed by atoms with E-state index in [1.54, 1.807) is 0 Å². The molecule has 35 heavy (non-hydrogen) atoms. The summed E-state index contributed by atoms with van der Waals surface area (Å²) in [5.41, 5.74) is 4.26. The molecule has 0 fully saturated rings. The van der Waals surface area contributed by atoms with Gasteiger partial charge in [-0.15, -0.1) is 10.2 Å². The molecule has 0 aliphatic carbocycles. The molecule has 7 heteroatoms. The maximum atomic E-state index is 12.7. The van der Waals surface area contributed by atoms with E-state index >= 15 is 0 Å². The van der Waals surface area contributed by atoms with Crippen LogP contribution in [0.1, 0.15) is 18.9 Å². The average Bonchev–Trinajstić information content (AvgIpc) is 3.51. The van der Waals surface area contributed by atoms with E-state index in [0.717, 1.165) is 40.8 Å². The van der Waals surface area contributed by atoms with Crippen LogP contribution in [0, 0.1) is 0 Å². The third-order valence-corrected chi connectivity index (χ3v) is 6.86. The Bertz CT molecular complexity index is 1410. The highest BCUT2D eigenvalue weighted by Crippen LogP contribution is 2.32. The van der Waals surface area contributed by atoms with Crippen LogP contribution in [0.2, 0.25) is 0 Å². The molecule has 5 aromatic rings. The second kappa shape index (κ2) is 10.6. The summed E-state index contributed by atoms with van der Waals surface area (Å²) in [6.45, 7) is 2.05. The first kappa shape index (κ1) is 22.9. The zero-order valence-corrected chi connectivity index (χ0v) is 20.3. The number of fused-ring (bicyclic) bond motifs is 1. The monoisotopic (exact) mass is 481 g/mol. The molecule has 0 spiro atoms. The lowest BCUT2D eigenvalue weighted by atomic mass is 10.1. The number of rotatable bonds is 9. The van der Waals surface area contributed by atoms with Crippen LogP contribution in [-0.4, -0.2) is 37.5 Å². The van der Waals surface area contributed by atoms with Gasteiger partial charge in [-0.1, -0.05) is 78.5 Å². The van der Waals surface area contributed by atoms with Crippen LogP contribution in [0.15, 0.2) is 96.3 Å². The number of para-hydroxylation sites is 2. The fourth-order valence-electron chi connectivity index (χ4n) is 4.15. The number of aromatic amines is 1. The smallest absolute Gasteiger partial charge is 0.230 e. The minimum absolute atomic E-state index is 0.00758. The number of hydrogen-bond acceptors (Lipinski definition) is 4. The molecule has 176 valence electrons. The second-order valence-corrected chi connectivity index (χ2v) is 9.45. The first-order valence-electron chi connectivity index (χ1n) is 11.7. The minimum atomic E-state index is -0.00758. The number of H-pyrrole nitrogens is 1. The van der Waals surface area contributed by atoms with Gasteiger partial charge in [-0.05, 0) is 43.5 Å². The second-order valence-electron chi connectivity index (χ2n) is 8.51. The van der Waals surface area contributed by atoms with Crippen molar-refractivity contribution in [3.05, 3.63) is 96.7 Å². The van der Waals surface area contributed by atoms with E-state index in [-0.39, 0.29) is 17.7 Å². The summed E-state index contributed by atoms with van der Waals surface area (Å²) in [4.78, 5) is 16.0. The molecule has 0 unspecified atom stereocenters. The molecule has 0 saturated carbocycles. The Hall–Kier alpha value is -3.84. The van der Waals surface area contributed by atoms with Crippen molar-refractivity contribution in [2.24, 2.45) is 0 Å². The molecule has 2 aromatic heterocycles. The molecular formula is C28H27N5OS. The zero-order valence-electron chi connectivity index (χ0n) is 19.5. The summed E-state index contributed by atoms with van der Waals surface area (Å²) in [6, 6.07) is 28.6. The summed E-state index contributed by atoms with van der Waals surface area (Å²) >= 11 is 1.40. The topological polar surface area (TPSA) is 75.6 Å². The zero-order chi connectivity index (χ0) is 24.0. The molecule has 2 N–H and O–H groups in total. The van der Waals surface area contributed by atoms with Gasteiger partial charge in [-0.25, -0.2) is 0 Å². The lowest BCUT2D eigenvalue weighted by molar-refractivity contribution is -0.119. The first-order valence-corrected chi connectivity index (χ1v) is 12.7. The maximum Gasteiger partial charge on any atom is 0.230 e. The quantitative estimate of drug-likeness (QED) is 0.267. The van der Waals surface area contributed by atoms with Crippen LogP contribution in [0.3, 0.4) is 0 Å². The predicted molar refractivity (Wildman–Crippen MR) is 142 cm³/mol. The standard InChI is InChI=1S/C28H27N5OS/c1-20(16-17-21-10-4-2-5-11-21)30-26(34)19-35-28-32-31-27(33(28)22-12-6-3-7-13-22)24-18-29-25-15-9-8-14-23(24)25/h2-15,18,20,29H,16-17,19H2,1H3,(H,30,34)/t20-/m0/s1. The third-order valence-electron chi connectivity index (χ3n) is 5.93. The van der Waals surface area contributed by atoms with Crippen molar-refractivity contribution in [2.45, 2.75) is 31.0 Å². The van der Waals surface area contributed by atoms with E-state index < -0.39 is 0 Å². The summed E-state index contributed by atoms with van der Waals surface area (Å²) in [6.07, 6.45) is 3.79. The predicted octanol–water partition coefficient (Wildman–Crippen LogP) is 5.65. The fraction of sp³-hybridized carbons (Fsp3) is 0.179. The number of carbonyl (C=O) groups excluding carboxylic acids is 1. The summed E-state index contributed by atoms with van der Waals surface area (Å²) in [7, 11) is 0. The molecule has 0 saturated heterocycles. The van der Waals surface area contributed by atoms with E-state index in [1.165, 1.54) is 17.3 Å². The number of amides is 1. The van der Waals surface area contributed by atoms with E-state index in [9.17, 15) is 4.79 Å². The number of benzene rings is 3. The highest BCUT2D eigenvalue weighted by molar-refractivity contribution is 7.99. The number of aryl methyl sites for hydroxylation is 1. The average molecular weight is 482 g/mol. The highest BCUT2D eigenvalue weighted by atomic mass is 32.2. The summed E-state index contributed by atoms with van der Waals surface area (Å²) < 4.78 is 2.02. The molecule has 3 aromatic carbocycles. The van der Waals surface area contributed by atoms with E-state index in [4.69, 9.17) is 0 Å². The van der Waals surface area contributed by atoms with Crippen LogP contribution in [0.4, 0.5) is 0 Å². The molecule has 1 amide bonds. The molecule has 0 bridgehead atoms. The van der Waals surface area contributed by atoms with Gasteiger partial charge in [-0.2, -0.15) is 0 Å². The van der Waals surface area contributed by atoms with Crippen LogP contribution in [-0.2, 0) is 11.2 Å². The van der Waals surface area contributed by atoms with Crippen LogP contribution in [0.5, 0.6) is 0 Å². The van der Waals surface area contributed by atoms with Gasteiger partial charge in [0.05, 0.1) is 5.75 Å². The minimum Gasteiger partial charge on any atom is -0.360 e. The molecule has 0 aliphatic heterocycles. The van der Waals surface area contributed by atoms with Crippen molar-refractivity contribution < 1.29 is 4.79 Å². The van der Waals surface area contributed by atoms with Gasteiger partial charge >= 0.3 is 0 Å². The molecular weight excluding hydrogens is 454 g/mol. The molecule has 0 radical (unpaired) electrons. The van der Waals surface area contributed by atoms with Crippen molar-refractivity contribution in [1.29, 1.82) is 0 Å². The first-order chi connectivity index (χ1) is 17.2. The van der Waals surface area contributed by atoms with Gasteiger partial charge in [0, 0.05) is 34.4 Å². The lowest BCUT2D eigenvalue weighted by Gasteiger charge is -2.14. The van der Waals surface area contributed by atoms with Crippen LogP contribution < -0.4 is 5.32 Å². The van der Waals surface area contributed by atoms with Gasteiger partial charge in [-0.3, -0.25) is 9.36 Å².